The molecule has 4 aromatic rings. The van der Waals surface area contributed by atoms with Crippen LogP contribution in [0.15, 0.2) is 48.9 Å². The zero-order chi connectivity index (χ0) is 25.3. The number of pyridine rings is 1. The number of fused-ring (bicyclic) bond motifs is 1. The van der Waals surface area contributed by atoms with Gasteiger partial charge in [0, 0.05) is 30.4 Å². The number of hydrogen-bond donors (Lipinski definition) is 3. The number of rotatable bonds is 5. The maximum atomic E-state index is 12.8. The zero-order valence-electron chi connectivity index (χ0n) is 19.5. The number of benzene rings is 1. The van der Waals surface area contributed by atoms with E-state index in [2.05, 4.69) is 25.6 Å². The summed E-state index contributed by atoms with van der Waals surface area (Å²) in [5, 5.41) is 11.5. The highest BCUT2D eigenvalue weighted by atomic mass is 35.5. The minimum atomic E-state index is -4.51. The minimum Gasteiger partial charge on any atom is -0.383 e. The van der Waals surface area contributed by atoms with Crippen LogP contribution in [0.2, 0.25) is 0 Å². The van der Waals surface area contributed by atoms with E-state index in [-0.39, 0.29) is 30.9 Å². The third-order valence-corrected chi connectivity index (χ3v) is 6.10. The van der Waals surface area contributed by atoms with Crippen LogP contribution in [0.3, 0.4) is 0 Å². The quantitative estimate of drug-likeness (QED) is 0.357. The number of carbonyl (C=O) groups excluding carboxylic acids is 1. The first-order valence-corrected chi connectivity index (χ1v) is 11.4. The Kier molecular flexibility index (Phi) is 7.60. The molecule has 1 aliphatic rings. The molecule has 13 heteroatoms. The summed E-state index contributed by atoms with van der Waals surface area (Å²) in [4.78, 5) is 24.8. The number of piperidine rings is 1. The van der Waals surface area contributed by atoms with Crippen LogP contribution >= 0.6 is 12.4 Å². The number of aromatic nitrogens is 5. The van der Waals surface area contributed by atoms with E-state index in [0.29, 0.717) is 39.2 Å². The zero-order valence-corrected chi connectivity index (χ0v) is 20.3. The average molecular weight is 533 g/mol. The summed E-state index contributed by atoms with van der Waals surface area (Å²) in [6.45, 7) is 1.75. The van der Waals surface area contributed by atoms with Gasteiger partial charge in [0.2, 0.25) is 0 Å². The van der Waals surface area contributed by atoms with Crippen molar-refractivity contribution in [3.8, 4) is 11.3 Å². The molecule has 37 heavy (non-hydrogen) atoms. The van der Waals surface area contributed by atoms with E-state index >= 15 is 0 Å². The monoisotopic (exact) mass is 532 g/mol. The number of amides is 1. The number of alkyl halides is 3. The lowest BCUT2D eigenvalue weighted by atomic mass is 10.1. The molecule has 1 saturated heterocycles. The number of nitrogens with zero attached hydrogens (tertiary/aromatic N) is 5. The van der Waals surface area contributed by atoms with E-state index in [0.717, 1.165) is 38.2 Å². The Morgan fingerprint density at radius 3 is 2.73 bits per heavy atom. The number of carbonyl (C=O) groups is 1. The molecule has 1 atom stereocenters. The highest BCUT2D eigenvalue weighted by Crippen LogP contribution is 2.33. The van der Waals surface area contributed by atoms with Crippen molar-refractivity contribution in [2.75, 3.05) is 18.8 Å². The third-order valence-electron chi connectivity index (χ3n) is 6.10. The van der Waals surface area contributed by atoms with Crippen molar-refractivity contribution in [3.63, 3.8) is 0 Å². The standard InChI is InChI=1S/C24H23F3N8O.ClH/c25-24(26,27)18-7-6-14(10-30-18)11-31-23(36)16-4-1-3-15(9-16)20-19-21(28)32-13-33-22(19)35(34-20)17-5-2-8-29-12-17;/h1,3-4,6-7,9-10,13,17,29H,2,5,8,11-12H2,(H,31,36)(H2,28,32,33);1H/t17-;/m1./s1. The molecule has 0 radical (unpaired) electrons. The largest absolute Gasteiger partial charge is 0.433 e. The molecule has 3 aromatic heterocycles. The van der Waals surface area contributed by atoms with Gasteiger partial charge in [0.15, 0.2) is 5.65 Å². The smallest absolute Gasteiger partial charge is 0.383 e. The van der Waals surface area contributed by atoms with Crippen LogP contribution in [0, 0.1) is 0 Å². The van der Waals surface area contributed by atoms with Gasteiger partial charge in [-0.15, -0.1) is 12.4 Å². The molecule has 4 heterocycles. The maximum absolute atomic E-state index is 12.8. The van der Waals surface area contributed by atoms with Gasteiger partial charge in [0.1, 0.15) is 23.5 Å². The summed E-state index contributed by atoms with van der Waals surface area (Å²) in [5.74, 6) is -0.0872. The van der Waals surface area contributed by atoms with Crippen LogP contribution in [0.1, 0.15) is 40.5 Å². The predicted molar refractivity (Wildman–Crippen MR) is 134 cm³/mol. The lowest BCUT2D eigenvalue weighted by Crippen LogP contribution is -2.32. The van der Waals surface area contributed by atoms with Gasteiger partial charge in [0.25, 0.3) is 5.91 Å². The molecule has 9 nitrogen and oxygen atoms in total. The Morgan fingerprint density at radius 1 is 1.19 bits per heavy atom. The van der Waals surface area contributed by atoms with Gasteiger partial charge in [-0.05, 0) is 43.1 Å². The summed E-state index contributed by atoms with van der Waals surface area (Å²) in [6, 6.07) is 9.19. The molecule has 0 unspecified atom stereocenters. The summed E-state index contributed by atoms with van der Waals surface area (Å²) in [5.41, 5.74) is 7.93. The van der Waals surface area contributed by atoms with Gasteiger partial charge in [-0.2, -0.15) is 18.3 Å². The van der Waals surface area contributed by atoms with Crippen LogP contribution in [0.4, 0.5) is 19.0 Å². The molecular weight excluding hydrogens is 509 g/mol. The van der Waals surface area contributed by atoms with Gasteiger partial charge in [-0.3, -0.25) is 9.78 Å². The summed E-state index contributed by atoms with van der Waals surface area (Å²) < 4.78 is 40.0. The molecule has 194 valence electrons. The summed E-state index contributed by atoms with van der Waals surface area (Å²) in [7, 11) is 0. The van der Waals surface area contributed by atoms with Crippen molar-refractivity contribution < 1.29 is 18.0 Å². The second-order valence-corrected chi connectivity index (χ2v) is 8.56. The summed E-state index contributed by atoms with van der Waals surface area (Å²) >= 11 is 0. The van der Waals surface area contributed by atoms with Crippen molar-refractivity contribution in [1.29, 1.82) is 0 Å². The molecule has 0 saturated carbocycles. The number of nitrogens with one attached hydrogen (secondary N) is 2. The van der Waals surface area contributed by atoms with E-state index in [1.807, 2.05) is 10.7 Å². The van der Waals surface area contributed by atoms with Gasteiger partial charge in [-0.1, -0.05) is 18.2 Å². The first-order chi connectivity index (χ1) is 17.3. The molecular formula is C24H24ClF3N8O. The van der Waals surface area contributed by atoms with Crippen LogP contribution in [0.25, 0.3) is 22.3 Å². The van der Waals surface area contributed by atoms with Crippen LogP contribution in [-0.2, 0) is 12.7 Å². The fourth-order valence-corrected chi connectivity index (χ4v) is 4.28. The fraction of sp³-hybridized carbons (Fsp3) is 0.292. The van der Waals surface area contributed by atoms with Crippen LogP contribution in [-0.4, -0.2) is 43.7 Å². The average Bonchev–Trinajstić information content (AvgIpc) is 3.29. The number of anilines is 1. The molecule has 1 aromatic carbocycles. The number of halogens is 4. The topological polar surface area (TPSA) is 124 Å². The molecule has 1 amide bonds. The third kappa shape index (κ3) is 5.49. The number of nitrogens with two attached hydrogens (primary N) is 1. The van der Waals surface area contributed by atoms with E-state index in [9.17, 15) is 18.0 Å². The van der Waals surface area contributed by atoms with Crippen molar-refractivity contribution in [3.05, 3.63) is 65.7 Å². The molecule has 1 fully saturated rings. The molecule has 1 aliphatic heterocycles. The number of hydrogen-bond acceptors (Lipinski definition) is 7. The Bertz CT molecular complexity index is 1400. The number of nitrogen functional groups attached to an aromatic ring is 1. The lowest BCUT2D eigenvalue weighted by Gasteiger charge is -2.23. The highest BCUT2D eigenvalue weighted by Gasteiger charge is 2.32. The Hall–Kier alpha value is -3.77. The highest BCUT2D eigenvalue weighted by molar-refractivity contribution is 6.00. The first kappa shape index (κ1) is 26.3. The minimum absolute atomic E-state index is 0. The van der Waals surface area contributed by atoms with E-state index in [1.165, 1.54) is 12.4 Å². The maximum Gasteiger partial charge on any atom is 0.433 e. The van der Waals surface area contributed by atoms with E-state index < -0.39 is 11.9 Å². The normalized spacial score (nSPS) is 15.8. The van der Waals surface area contributed by atoms with Gasteiger partial charge in [-0.25, -0.2) is 14.6 Å². The van der Waals surface area contributed by atoms with Crippen molar-refractivity contribution in [2.45, 2.75) is 31.6 Å². The second kappa shape index (κ2) is 10.7. The van der Waals surface area contributed by atoms with Crippen LogP contribution < -0.4 is 16.4 Å². The molecule has 0 aliphatic carbocycles. The van der Waals surface area contributed by atoms with Gasteiger partial charge < -0.3 is 16.4 Å². The molecule has 4 N–H and O–H groups in total. The Morgan fingerprint density at radius 2 is 2.03 bits per heavy atom. The van der Waals surface area contributed by atoms with Crippen molar-refractivity contribution in [2.24, 2.45) is 0 Å². The Labute approximate surface area is 216 Å². The molecule has 0 spiro atoms. The molecule has 5 rings (SSSR count). The Balaban J connectivity index is 0.00000320. The SMILES string of the molecule is Cl.Nc1ncnc2c1c(-c1cccc(C(=O)NCc3ccc(C(F)(F)F)nc3)c1)nn2[C@@H]1CCCNC1. The van der Waals surface area contributed by atoms with Crippen molar-refractivity contribution in [1.82, 2.24) is 35.4 Å². The van der Waals surface area contributed by atoms with Gasteiger partial charge >= 0.3 is 6.18 Å². The second-order valence-electron chi connectivity index (χ2n) is 8.56. The molecule has 0 bridgehead atoms. The first-order valence-electron chi connectivity index (χ1n) is 11.4. The van der Waals surface area contributed by atoms with E-state index in [1.54, 1.807) is 18.2 Å². The lowest BCUT2D eigenvalue weighted by molar-refractivity contribution is -0.141. The van der Waals surface area contributed by atoms with Gasteiger partial charge in [0.05, 0.1) is 11.4 Å². The fourth-order valence-electron chi connectivity index (χ4n) is 4.28. The van der Waals surface area contributed by atoms with E-state index in [4.69, 9.17) is 10.8 Å². The van der Waals surface area contributed by atoms with Crippen LogP contribution in [0.5, 0.6) is 0 Å². The predicted octanol–water partition coefficient (Wildman–Crippen LogP) is 3.77. The summed E-state index contributed by atoms with van der Waals surface area (Å²) in [6.07, 6.45) is -0.0290. The van der Waals surface area contributed by atoms with Crippen molar-refractivity contribution >= 4 is 35.2 Å².